The number of aliphatic imine (C=N–C) groups is 1. The minimum atomic E-state index is -2.90. The molecule has 1 fully saturated rings. The first-order chi connectivity index (χ1) is 14.5. The van der Waals surface area contributed by atoms with Gasteiger partial charge in [-0.15, -0.1) is 24.0 Å². The van der Waals surface area contributed by atoms with Gasteiger partial charge in [0.2, 0.25) is 5.91 Å². The number of nitrogens with one attached hydrogen (secondary N) is 2. The quantitative estimate of drug-likeness (QED) is 0.198. The fourth-order valence-electron chi connectivity index (χ4n) is 2.84. The van der Waals surface area contributed by atoms with Gasteiger partial charge in [-0.2, -0.15) is 8.78 Å². The third-order valence-electron chi connectivity index (χ3n) is 4.55. The summed E-state index contributed by atoms with van der Waals surface area (Å²) in [6.45, 7) is 2.29. The first-order valence-corrected chi connectivity index (χ1v) is 10.0. The molecule has 0 bridgehead atoms. The zero-order valence-electron chi connectivity index (χ0n) is 18.0. The topological polar surface area (TPSA) is 78.4 Å². The lowest BCUT2D eigenvalue weighted by Gasteiger charge is -2.26. The Balaban J connectivity index is 0.00000480. The second-order valence-electron chi connectivity index (χ2n) is 7.03. The van der Waals surface area contributed by atoms with Crippen LogP contribution in [0, 0.1) is 0 Å². The molecule has 31 heavy (non-hydrogen) atoms. The van der Waals surface area contributed by atoms with Crippen molar-refractivity contribution in [2.24, 2.45) is 4.99 Å². The highest BCUT2D eigenvalue weighted by Gasteiger charge is 2.11. The molecule has 1 aliphatic heterocycles. The number of ether oxygens (including phenoxy) is 2. The molecule has 1 aromatic carbocycles. The maximum atomic E-state index is 12.6. The molecule has 1 amide bonds. The van der Waals surface area contributed by atoms with Crippen LogP contribution in [-0.4, -0.2) is 88.3 Å². The summed E-state index contributed by atoms with van der Waals surface area (Å²) < 4.78 is 35.1. The highest BCUT2D eigenvalue weighted by atomic mass is 127. The largest absolute Gasteiger partial charge is 0.434 e. The molecule has 0 radical (unpaired) electrons. The van der Waals surface area contributed by atoms with Gasteiger partial charge in [-0.3, -0.25) is 9.69 Å². The van der Waals surface area contributed by atoms with Crippen molar-refractivity contribution < 1.29 is 23.0 Å². The molecule has 2 N–H and O–H groups in total. The first kappa shape index (κ1) is 27.3. The van der Waals surface area contributed by atoms with Crippen LogP contribution in [0.5, 0.6) is 5.75 Å². The van der Waals surface area contributed by atoms with E-state index >= 15 is 0 Å². The lowest BCUT2D eigenvalue weighted by Crippen LogP contribution is -2.44. The van der Waals surface area contributed by atoms with E-state index in [-0.39, 0.29) is 48.7 Å². The summed E-state index contributed by atoms with van der Waals surface area (Å²) in [5.41, 5.74) is 0.533. The predicted octanol–water partition coefficient (Wildman–Crippen LogP) is 1.75. The molecule has 11 heteroatoms. The molecule has 2 rings (SSSR count). The number of para-hydroxylation sites is 1. The van der Waals surface area contributed by atoms with Crippen molar-refractivity contribution in [3.05, 3.63) is 29.8 Å². The van der Waals surface area contributed by atoms with E-state index in [1.807, 2.05) is 0 Å². The summed E-state index contributed by atoms with van der Waals surface area (Å²) in [5.74, 6) is 0.436. The number of benzene rings is 1. The number of guanidine groups is 1. The molecule has 1 saturated heterocycles. The van der Waals surface area contributed by atoms with E-state index < -0.39 is 6.61 Å². The standard InChI is InChI=1S/C20H31F2N5O3.HI/c1-26(2)18(28)15-25-20(23-8-5-9-27-10-12-29-13-11-27)24-14-16-6-3-4-7-17(16)30-19(21)22;/h3-4,6-7,19H,5,8-15H2,1-2H3,(H2,23,24,25);1H. The van der Waals surface area contributed by atoms with E-state index in [1.54, 1.807) is 32.3 Å². The third-order valence-corrected chi connectivity index (χ3v) is 4.55. The number of alkyl halides is 2. The van der Waals surface area contributed by atoms with Crippen molar-refractivity contribution in [2.75, 3.05) is 60.0 Å². The fraction of sp³-hybridized carbons (Fsp3) is 0.600. The van der Waals surface area contributed by atoms with Gasteiger partial charge in [-0.1, -0.05) is 18.2 Å². The number of carbonyl (C=O) groups is 1. The number of carbonyl (C=O) groups excluding carboxylic acids is 1. The number of nitrogens with zero attached hydrogens (tertiary/aromatic N) is 3. The van der Waals surface area contributed by atoms with Crippen LogP contribution in [-0.2, 0) is 16.1 Å². The van der Waals surface area contributed by atoms with Gasteiger partial charge in [-0.25, -0.2) is 4.99 Å². The Kier molecular flexibility index (Phi) is 13.3. The second kappa shape index (κ2) is 15.1. The van der Waals surface area contributed by atoms with Crippen molar-refractivity contribution in [3.63, 3.8) is 0 Å². The monoisotopic (exact) mass is 555 g/mol. The van der Waals surface area contributed by atoms with E-state index in [2.05, 4.69) is 25.3 Å². The second-order valence-corrected chi connectivity index (χ2v) is 7.03. The number of hydrogen-bond acceptors (Lipinski definition) is 5. The van der Waals surface area contributed by atoms with Crippen molar-refractivity contribution in [3.8, 4) is 5.75 Å². The minimum absolute atomic E-state index is 0. The van der Waals surface area contributed by atoms with Crippen LogP contribution >= 0.6 is 24.0 Å². The Morgan fingerprint density at radius 1 is 1.26 bits per heavy atom. The summed E-state index contributed by atoms with van der Waals surface area (Å²) in [7, 11) is 3.35. The van der Waals surface area contributed by atoms with Crippen LogP contribution in [0.4, 0.5) is 8.78 Å². The molecule has 0 unspecified atom stereocenters. The van der Waals surface area contributed by atoms with Gasteiger partial charge in [0.1, 0.15) is 5.75 Å². The van der Waals surface area contributed by atoms with E-state index in [0.29, 0.717) is 18.1 Å². The van der Waals surface area contributed by atoms with Gasteiger partial charge in [0, 0.05) is 39.3 Å². The van der Waals surface area contributed by atoms with Gasteiger partial charge in [0.25, 0.3) is 0 Å². The molecular weight excluding hydrogens is 523 g/mol. The maximum absolute atomic E-state index is 12.6. The van der Waals surface area contributed by atoms with Crippen molar-refractivity contribution in [1.29, 1.82) is 0 Å². The SMILES string of the molecule is CN(C)C(=O)CNC(=NCc1ccccc1OC(F)F)NCCCN1CCOCC1.I. The Morgan fingerprint density at radius 2 is 1.97 bits per heavy atom. The average molecular weight is 555 g/mol. The van der Waals surface area contributed by atoms with E-state index in [4.69, 9.17) is 4.74 Å². The lowest BCUT2D eigenvalue weighted by molar-refractivity contribution is -0.127. The highest BCUT2D eigenvalue weighted by molar-refractivity contribution is 14.0. The van der Waals surface area contributed by atoms with E-state index in [9.17, 15) is 13.6 Å². The van der Waals surface area contributed by atoms with Gasteiger partial charge >= 0.3 is 6.61 Å². The van der Waals surface area contributed by atoms with Crippen LogP contribution in [0.15, 0.2) is 29.3 Å². The zero-order chi connectivity index (χ0) is 21.8. The van der Waals surface area contributed by atoms with Crippen LogP contribution in [0.3, 0.4) is 0 Å². The van der Waals surface area contributed by atoms with E-state index in [1.165, 1.54) is 11.0 Å². The lowest BCUT2D eigenvalue weighted by atomic mass is 10.2. The van der Waals surface area contributed by atoms with Crippen LogP contribution < -0.4 is 15.4 Å². The van der Waals surface area contributed by atoms with Gasteiger partial charge in [0.15, 0.2) is 5.96 Å². The summed E-state index contributed by atoms with van der Waals surface area (Å²) in [6.07, 6.45) is 0.896. The fourth-order valence-corrected chi connectivity index (χ4v) is 2.84. The number of amides is 1. The highest BCUT2D eigenvalue weighted by Crippen LogP contribution is 2.20. The van der Waals surface area contributed by atoms with Crippen LogP contribution in [0.25, 0.3) is 0 Å². The Labute approximate surface area is 199 Å². The Hall–Kier alpha value is -1.73. The molecule has 1 aromatic rings. The summed E-state index contributed by atoms with van der Waals surface area (Å²) in [6, 6.07) is 6.53. The van der Waals surface area contributed by atoms with E-state index in [0.717, 1.165) is 39.3 Å². The third kappa shape index (κ3) is 10.9. The van der Waals surface area contributed by atoms with Crippen molar-refractivity contribution in [1.82, 2.24) is 20.4 Å². The molecule has 0 spiro atoms. The van der Waals surface area contributed by atoms with Crippen LogP contribution in [0.1, 0.15) is 12.0 Å². The molecule has 0 saturated carbocycles. The molecule has 1 aliphatic rings. The van der Waals surface area contributed by atoms with Crippen molar-refractivity contribution in [2.45, 2.75) is 19.6 Å². The Bertz CT molecular complexity index is 689. The first-order valence-electron chi connectivity index (χ1n) is 10.0. The smallest absolute Gasteiger partial charge is 0.387 e. The molecule has 0 aromatic heterocycles. The van der Waals surface area contributed by atoms with Crippen LogP contribution in [0.2, 0.25) is 0 Å². The summed E-state index contributed by atoms with van der Waals surface area (Å²) in [5, 5.41) is 6.20. The van der Waals surface area contributed by atoms with Gasteiger partial charge in [0.05, 0.1) is 26.3 Å². The summed E-state index contributed by atoms with van der Waals surface area (Å²) in [4.78, 5) is 20.2. The predicted molar refractivity (Wildman–Crippen MR) is 126 cm³/mol. The number of likely N-dealkylation sites (N-methyl/N-ethyl adjacent to an activating group) is 1. The normalized spacial score (nSPS) is 14.7. The molecule has 1 heterocycles. The van der Waals surface area contributed by atoms with Gasteiger partial charge < -0.3 is 25.0 Å². The number of hydrogen-bond donors (Lipinski definition) is 2. The number of halogens is 3. The average Bonchev–Trinajstić information content (AvgIpc) is 2.73. The maximum Gasteiger partial charge on any atom is 0.387 e. The molecule has 176 valence electrons. The zero-order valence-corrected chi connectivity index (χ0v) is 20.3. The Morgan fingerprint density at radius 3 is 2.65 bits per heavy atom. The molecule has 0 atom stereocenters. The number of rotatable bonds is 10. The van der Waals surface area contributed by atoms with Crippen molar-refractivity contribution >= 4 is 35.8 Å². The molecule has 8 nitrogen and oxygen atoms in total. The minimum Gasteiger partial charge on any atom is -0.434 e. The van der Waals surface area contributed by atoms with Gasteiger partial charge in [-0.05, 0) is 19.0 Å². The summed E-state index contributed by atoms with van der Waals surface area (Å²) >= 11 is 0. The molecule has 0 aliphatic carbocycles. The number of morpholine rings is 1. The molecular formula is C20H32F2IN5O3.